The van der Waals surface area contributed by atoms with Gasteiger partial charge in [0.05, 0.1) is 13.2 Å². The third kappa shape index (κ3) is 3.04. The van der Waals surface area contributed by atoms with Crippen molar-refractivity contribution in [3.63, 3.8) is 0 Å². The first kappa shape index (κ1) is 12.1. The maximum Gasteiger partial charge on any atom is 0.283 e. The predicted molar refractivity (Wildman–Crippen MR) is 60.8 cm³/mol. The van der Waals surface area contributed by atoms with Gasteiger partial charge in [-0.2, -0.15) is 0 Å². The van der Waals surface area contributed by atoms with E-state index in [2.05, 4.69) is 10.5 Å². The van der Waals surface area contributed by atoms with Crippen LogP contribution in [0.25, 0.3) is 0 Å². The average Bonchev–Trinajstić information content (AvgIpc) is 2.75. The van der Waals surface area contributed by atoms with Gasteiger partial charge in [0.2, 0.25) is 0 Å². The van der Waals surface area contributed by atoms with E-state index in [0.717, 1.165) is 26.3 Å². The molecule has 1 amide bonds. The van der Waals surface area contributed by atoms with Gasteiger partial charge in [-0.05, 0) is 13.8 Å². The van der Waals surface area contributed by atoms with Gasteiger partial charge in [-0.3, -0.25) is 4.79 Å². The summed E-state index contributed by atoms with van der Waals surface area (Å²) in [4.78, 5) is 13.2. The molecule has 1 aromatic heterocycles. The van der Waals surface area contributed by atoms with Gasteiger partial charge in [0.15, 0.2) is 11.9 Å². The second-order valence-electron chi connectivity index (χ2n) is 4.30. The van der Waals surface area contributed by atoms with Gasteiger partial charge in [0.1, 0.15) is 18.8 Å². The molecule has 17 heavy (non-hydrogen) atoms. The van der Waals surface area contributed by atoms with Gasteiger partial charge in [0, 0.05) is 6.07 Å². The van der Waals surface area contributed by atoms with Gasteiger partial charge in [-0.1, -0.05) is 5.16 Å². The molecule has 0 unspecified atom stereocenters. The highest BCUT2D eigenvalue weighted by molar-refractivity contribution is 5.92. The minimum Gasteiger partial charge on any atom is -0.370 e. The minimum absolute atomic E-state index is 0.0322. The van der Waals surface area contributed by atoms with Crippen molar-refractivity contribution in [2.75, 3.05) is 31.6 Å². The molecule has 94 valence electrons. The lowest BCUT2D eigenvalue weighted by atomic mass is 10.2. The quantitative estimate of drug-likeness (QED) is 0.727. The number of hydrogen-bond donors (Lipinski definition) is 2. The second kappa shape index (κ2) is 5.29. The summed E-state index contributed by atoms with van der Waals surface area (Å²) >= 11 is 0. The summed E-state index contributed by atoms with van der Waals surface area (Å²) in [6.07, 6.45) is 0. The van der Waals surface area contributed by atoms with Crippen LogP contribution in [0.3, 0.4) is 0 Å². The van der Waals surface area contributed by atoms with Crippen LogP contribution in [0.15, 0.2) is 10.6 Å². The number of rotatable bonds is 3. The van der Waals surface area contributed by atoms with Crippen molar-refractivity contribution in [3.05, 3.63) is 11.8 Å². The highest BCUT2D eigenvalue weighted by Crippen LogP contribution is 2.06. The molecule has 0 aromatic carbocycles. The Morgan fingerprint density at radius 1 is 1.53 bits per heavy atom. The van der Waals surface area contributed by atoms with Crippen LogP contribution >= 0.6 is 0 Å². The van der Waals surface area contributed by atoms with Crippen molar-refractivity contribution in [3.8, 4) is 0 Å². The number of morpholine rings is 1. The maximum atomic E-state index is 12.0. The molecule has 2 heterocycles. The number of ether oxygens (including phenoxy) is 1. The molecule has 2 N–H and O–H groups in total. The van der Waals surface area contributed by atoms with Crippen molar-refractivity contribution in [2.24, 2.45) is 0 Å². The standard InChI is InChI=1S/C11H17N3O3/c1-8-7-10(13-17-8)12-11(15)9(2)14-3-5-16-6-4-14/h7,9H,3-6H2,1-2H3,(H,12,13,15)/p+1/t9-/m1/s1. The Hall–Kier alpha value is -1.40. The van der Waals surface area contributed by atoms with E-state index in [4.69, 9.17) is 9.26 Å². The van der Waals surface area contributed by atoms with Crippen LogP contribution in [0.1, 0.15) is 12.7 Å². The van der Waals surface area contributed by atoms with E-state index in [-0.39, 0.29) is 11.9 Å². The fourth-order valence-electron chi connectivity index (χ4n) is 1.91. The summed E-state index contributed by atoms with van der Waals surface area (Å²) in [5.41, 5.74) is 0. The number of anilines is 1. The fraction of sp³-hybridized carbons (Fsp3) is 0.636. The molecule has 0 spiro atoms. The summed E-state index contributed by atoms with van der Waals surface area (Å²) in [6, 6.07) is 1.61. The zero-order valence-electron chi connectivity index (χ0n) is 10.2. The van der Waals surface area contributed by atoms with Crippen molar-refractivity contribution < 1.29 is 19.0 Å². The number of carbonyl (C=O) groups is 1. The van der Waals surface area contributed by atoms with E-state index in [1.54, 1.807) is 13.0 Å². The number of aryl methyl sites for hydroxylation is 1. The van der Waals surface area contributed by atoms with Gasteiger partial charge >= 0.3 is 0 Å². The smallest absolute Gasteiger partial charge is 0.283 e. The molecule has 1 fully saturated rings. The van der Waals surface area contributed by atoms with Crippen LogP contribution in [0.4, 0.5) is 5.82 Å². The first-order valence-corrected chi connectivity index (χ1v) is 5.83. The van der Waals surface area contributed by atoms with Crippen molar-refractivity contribution >= 4 is 11.7 Å². The topological polar surface area (TPSA) is 68.8 Å². The Labute approximate surface area is 99.9 Å². The Kier molecular flexibility index (Phi) is 3.75. The number of amides is 1. The Bertz CT molecular complexity index is 385. The predicted octanol–water partition coefficient (Wildman–Crippen LogP) is -0.775. The summed E-state index contributed by atoms with van der Waals surface area (Å²) < 4.78 is 10.2. The molecule has 1 aliphatic heterocycles. The summed E-state index contributed by atoms with van der Waals surface area (Å²) in [5, 5.41) is 6.50. The zero-order chi connectivity index (χ0) is 12.3. The number of hydrogen-bond acceptors (Lipinski definition) is 4. The normalized spacial score (nSPS) is 18.9. The molecule has 2 rings (SSSR count). The molecule has 0 saturated carbocycles. The largest absolute Gasteiger partial charge is 0.370 e. The van der Waals surface area contributed by atoms with E-state index >= 15 is 0 Å². The zero-order valence-corrected chi connectivity index (χ0v) is 10.2. The third-order valence-corrected chi connectivity index (χ3v) is 3.02. The first-order valence-electron chi connectivity index (χ1n) is 5.83. The minimum atomic E-state index is -0.101. The monoisotopic (exact) mass is 240 g/mol. The number of nitrogens with one attached hydrogen (secondary N) is 2. The van der Waals surface area contributed by atoms with Crippen LogP contribution < -0.4 is 10.2 Å². The number of carbonyl (C=O) groups excluding carboxylic acids is 1. The van der Waals surface area contributed by atoms with E-state index in [1.165, 1.54) is 4.90 Å². The molecule has 6 heteroatoms. The number of nitrogens with zero attached hydrogens (tertiary/aromatic N) is 1. The molecule has 0 bridgehead atoms. The van der Waals surface area contributed by atoms with Gasteiger partial charge in [0.25, 0.3) is 5.91 Å². The Morgan fingerprint density at radius 3 is 2.82 bits per heavy atom. The lowest BCUT2D eigenvalue weighted by molar-refractivity contribution is -0.921. The molecule has 1 aliphatic rings. The number of aromatic nitrogens is 1. The van der Waals surface area contributed by atoms with Crippen LogP contribution in [0.2, 0.25) is 0 Å². The number of quaternary nitrogens is 1. The van der Waals surface area contributed by atoms with Crippen molar-refractivity contribution in [1.29, 1.82) is 0 Å². The van der Waals surface area contributed by atoms with Gasteiger partial charge in [-0.15, -0.1) is 0 Å². The summed E-state index contributed by atoms with van der Waals surface area (Å²) in [6.45, 7) is 6.88. The third-order valence-electron chi connectivity index (χ3n) is 3.02. The molecule has 1 aromatic rings. The summed E-state index contributed by atoms with van der Waals surface area (Å²) in [5.74, 6) is 1.13. The van der Waals surface area contributed by atoms with Crippen molar-refractivity contribution in [2.45, 2.75) is 19.9 Å². The molecule has 0 radical (unpaired) electrons. The fourth-order valence-corrected chi connectivity index (χ4v) is 1.91. The van der Waals surface area contributed by atoms with E-state index in [0.29, 0.717) is 11.6 Å². The highest BCUT2D eigenvalue weighted by Gasteiger charge is 2.27. The molecule has 1 atom stereocenters. The second-order valence-corrected chi connectivity index (χ2v) is 4.30. The maximum absolute atomic E-state index is 12.0. The molecular weight excluding hydrogens is 222 g/mol. The first-order chi connectivity index (χ1) is 8.16. The van der Waals surface area contributed by atoms with Gasteiger partial charge in [-0.25, -0.2) is 0 Å². The highest BCUT2D eigenvalue weighted by atomic mass is 16.5. The van der Waals surface area contributed by atoms with E-state index in [1.807, 2.05) is 6.92 Å². The van der Waals surface area contributed by atoms with E-state index < -0.39 is 0 Å². The molecule has 0 aliphatic carbocycles. The van der Waals surface area contributed by atoms with Crippen LogP contribution in [-0.2, 0) is 9.53 Å². The summed E-state index contributed by atoms with van der Waals surface area (Å²) in [7, 11) is 0. The Morgan fingerprint density at radius 2 is 2.24 bits per heavy atom. The Balaban J connectivity index is 1.90. The SMILES string of the molecule is Cc1cc(NC(=O)[C@@H](C)[NH+]2CCOCC2)no1. The van der Waals surface area contributed by atoms with Crippen molar-refractivity contribution in [1.82, 2.24) is 5.16 Å². The molecule has 6 nitrogen and oxygen atoms in total. The van der Waals surface area contributed by atoms with E-state index in [9.17, 15) is 4.79 Å². The lowest BCUT2D eigenvalue weighted by Gasteiger charge is -2.28. The average molecular weight is 240 g/mol. The van der Waals surface area contributed by atoms with Crippen LogP contribution in [-0.4, -0.2) is 43.4 Å². The van der Waals surface area contributed by atoms with Crippen LogP contribution in [0.5, 0.6) is 0 Å². The van der Waals surface area contributed by atoms with Gasteiger partial charge < -0.3 is 19.5 Å². The molecule has 1 saturated heterocycles. The van der Waals surface area contributed by atoms with Crippen LogP contribution in [0, 0.1) is 6.92 Å². The molecular formula is C11H18N3O3+. The lowest BCUT2D eigenvalue weighted by Crippen LogP contribution is -3.18.